The van der Waals surface area contributed by atoms with Crippen molar-refractivity contribution in [2.45, 2.75) is 13.1 Å². The summed E-state index contributed by atoms with van der Waals surface area (Å²) in [4.78, 5) is 3.07. The van der Waals surface area contributed by atoms with Gasteiger partial charge in [-0.3, -0.25) is 0 Å². The number of benzene rings is 2. The maximum atomic E-state index is 10.2. The van der Waals surface area contributed by atoms with E-state index in [1.54, 1.807) is 11.0 Å². The molecule has 5 nitrogen and oxygen atoms in total. The van der Waals surface area contributed by atoms with E-state index in [1.165, 1.54) is 10.5 Å². The number of quaternary nitrogens is 2. The number of fused-ring (bicyclic) bond motifs is 1. The van der Waals surface area contributed by atoms with Crippen LogP contribution in [0.15, 0.2) is 36.4 Å². The Morgan fingerprint density at radius 2 is 1.60 bits per heavy atom. The quantitative estimate of drug-likeness (QED) is 0.731. The number of ether oxygens (including phenoxy) is 2. The Morgan fingerprint density at radius 3 is 2.32 bits per heavy atom. The number of phenols is 1. The van der Waals surface area contributed by atoms with E-state index in [0.29, 0.717) is 11.5 Å². The summed E-state index contributed by atoms with van der Waals surface area (Å²) in [7, 11) is 0. The summed E-state index contributed by atoms with van der Waals surface area (Å²) in [6, 6.07) is 11.7. The molecular formula is C19H23ClN2O3+2. The van der Waals surface area contributed by atoms with Gasteiger partial charge >= 0.3 is 0 Å². The Labute approximate surface area is 152 Å². The van der Waals surface area contributed by atoms with E-state index in [9.17, 15) is 5.11 Å². The molecular weight excluding hydrogens is 340 g/mol. The van der Waals surface area contributed by atoms with Crippen molar-refractivity contribution in [3.63, 3.8) is 0 Å². The lowest BCUT2D eigenvalue weighted by Gasteiger charge is -2.30. The van der Waals surface area contributed by atoms with Crippen LogP contribution in [0.4, 0.5) is 0 Å². The van der Waals surface area contributed by atoms with Crippen molar-refractivity contribution in [3.05, 3.63) is 52.5 Å². The molecule has 0 unspecified atom stereocenters. The van der Waals surface area contributed by atoms with Crippen LogP contribution >= 0.6 is 11.6 Å². The molecule has 1 saturated heterocycles. The number of aromatic hydroxyl groups is 1. The monoisotopic (exact) mass is 362 g/mol. The van der Waals surface area contributed by atoms with Crippen molar-refractivity contribution in [1.82, 2.24) is 0 Å². The van der Waals surface area contributed by atoms with Crippen LogP contribution in [0.2, 0.25) is 5.02 Å². The van der Waals surface area contributed by atoms with Gasteiger partial charge in [-0.25, -0.2) is 0 Å². The summed E-state index contributed by atoms with van der Waals surface area (Å²) in [5.74, 6) is 1.66. The van der Waals surface area contributed by atoms with Crippen LogP contribution in [-0.2, 0) is 13.1 Å². The maximum Gasteiger partial charge on any atom is 0.231 e. The number of hydrogen-bond acceptors (Lipinski definition) is 3. The normalized spacial score (nSPS) is 22.1. The highest BCUT2D eigenvalue weighted by Gasteiger charge is 2.25. The van der Waals surface area contributed by atoms with Crippen molar-refractivity contribution in [2.75, 3.05) is 33.0 Å². The summed E-state index contributed by atoms with van der Waals surface area (Å²) >= 11 is 6.07. The van der Waals surface area contributed by atoms with Gasteiger partial charge in [-0.05, 0) is 18.2 Å². The van der Waals surface area contributed by atoms with Gasteiger partial charge in [0.2, 0.25) is 6.79 Å². The van der Waals surface area contributed by atoms with Crippen LogP contribution in [0.1, 0.15) is 11.1 Å². The lowest BCUT2D eigenvalue weighted by molar-refractivity contribution is -1.02. The van der Waals surface area contributed by atoms with Gasteiger partial charge in [0.1, 0.15) is 45.0 Å². The Hall–Kier alpha value is -1.95. The molecule has 4 rings (SSSR count). The van der Waals surface area contributed by atoms with Gasteiger partial charge in [-0.15, -0.1) is 0 Å². The molecule has 6 heteroatoms. The first-order valence-electron chi connectivity index (χ1n) is 8.70. The third-order valence-electron chi connectivity index (χ3n) is 5.02. The van der Waals surface area contributed by atoms with Crippen LogP contribution < -0.4 is 19.3 Å². The van der Waals surface area contributed by atoms with Gasteiger partial charge in [0.05, 0.1) is 5.56 Å². The lowest BCUT2D eigenvalue weighted by atomic mass is 10.1. The van der Waals surface area contributed by atoms with Crippen LogP contribution in [0, 0.1) is 0 Å². The van der Waals surface area contributed by atoms with Gasteiger partial charge in [-0.2, -0.15) is 0 Å². The molecule has 0 saturated carbocycles. The summed E-state index contributed by atoms with van der Waals surface area (Å²) in [6.45, 7) is 6.47. The average Bonchev–Trinajstić information content (AvgIpc) is 3.04. The molecule has 0 radical (unpaired) electrons. The zero-order valence-corrected chi connectivity index (χ0v) is 14.8. The third kappa shape index (κ3) is 3.84. The zero-order chi connectivity index (χ0) is 17.2. The molecule has 0 amide bonds. The minimum absolute atomic E-state index is 0.233. The minimum Gasteiger partial charge on any atom is -0.507 e. The highest BCUT2D eigenvalue weighted by Crippen LogP contribution is 2.37. The zero-order valence-electron chi connectivity index (χ0n) is 14.1. The Bertz CT molecular complexity index is 760. The summed E-state index contributed by atoms with van der Waals surface area (Å²) in [6.07, 6.45) is 0. The van der Waals surface area contributed by atoms with Crippen LogP contribution in [0.3, 0.4) is 0 Å². The van der Waals surface area contributed by atoms with Gasteiger partial charge in [0, 0.05) is 16.7 Å². The van der Waals surface area contributed by atoms with Gasteiger partial charge in [0.15, 0.2) is 11.5 Å². The molecule has 2 aromatic carbocycles. The fourth-order valence-corrected chi connectivity index (χ4v) is 3.84. The summed E-state index contributed by atoms with van der Waals surface area (Å²) < 4.78 is 10.7. The number of halogens is 1. The Balaban J connectivity index is 1.33. The predicted molar refractivity (Wildman–Crippen MR) is 94.5 cm³/mol. The molecule has 132 valence electrons. The van der Waals surface area contributed by atoms with E-state index in [1.807, 2.05) is 18.2 Å². The second-order valence-corrected chi connectivity index (χ2v) is 7.25. The maximum absolute atomic E-state index is 10.2. The number of piperazine rings is 1. The fourth-order valence-electron chi connectivity index (χ4n) is 3.63. The minimum atomic E-state index is 0.233. The fraction of sp³-hybridized carbons (Fsp3) is 0.368. The van der Waals surface area contributed by atoms with Gasteiger partial charge in [-0.1, -0.05) is 23.7 Å². The number of nitrogens with one attached hydrogen (secondary N) is 2. The average molecular weight is 363 g/mol. The highest BCUT2D eigenvalue weighted by atomic mass is 35.5. The smallest absolute Gasteiger partial charge is 0.231 e. The molecule has 3 N–H and O–H groups in total. The van der Waals surface area contributed by atoms with Gasteiger partial charge < -0.3 is 24.4 Å². The molecule has 2 aliphatic heterocycles. The van der Waals surface area contributed by atoms with E-state index in [2.05, 4.69) is 12.1 Å². The molecule has 25 heavy (non-hydrogen) atoms. The Morgan fingerprint density at radius 1 is 0.920 bits per heavy atom. The number of rotatable bonds is 4. The molecule has 2 aromatic rings. The van der Waals surface area contributed by atoms with Crippen LogP contribution in [-0.4, -0.2) is 38.1 Å². The molecule has 0 aromatic heterocycles. The van der Waals surface area contributed by atoms with Crippen molar-refractivity contribution < 1.29 is 24.4 Å². The SMILES string of the molecule is Oc1cc2c(cc1C[NH+]1CC[NH+](Cc3cccc(Cl)c3)CC1)OCO2. The third-order valence-corrected chi connectivity index (χ3v) is 5.26. The van der Waals surface area contributed by atoms with Crippen molar-refractivity contribution in [3.8, 4) is 17.2 Å². The van der Waals surface area contributed by atoms with E-state index in [4.69, 9.17) is 21.1 Å². The second-order valence-electron chi connectivity index (χ2n) is 6.82. The summed E-state index contributed by atoms with van der Waals surface area (Å²) in [5, 5.41) is 11.0. The van der Waals surface area contributed by atoms with E-state index < -0.39 is 0 Å². The first-order chi connectivity index (χ1) is 12.2. The topological polar surface area (TPSA) is 47.6 Å². The van der Waals surface area contributed by atoms with Crippen molar-refractivity contribution in [1.29, 1.82) is 0 Å². The van der Waals surface area contributed by atoms with E-state index >= 15 is 0 Å². The molecule has 2 aliphatic rings. The molecule has 0 bridgehead atoms. The van der Waals surface area contributed by atoms with Crippen molar-refractivity contribution in [2.24, 2.45) is 0 Å². The standard InChI is InChI=1S/C19H21ClN2O3/c20-16-3-1-2-14(8-16)11-21-4-6-22(7-5-21)12-15-9-18-19(10-17(15)23)25-13-24-18/h1-3,8-10,23H,4-7,11-13H2/p+2. The number of phenolic OH excluding ortho intramolecular Hbond substituents is 1. The first kappa shape index (κ1) is 16.5. The molecule has 2 heterocycles. The van der Waals surface area contributed by atoms with Gasteiger partial charge in [0.25, 0.3) is 0 Å². The second kappa shape index (κ2) is 7.12. The summed E-state index contributed by atoms with van der Waals surface area (Å²) in [5.41, 5.74) is 2.22. The lowest BCUT2D eigenvalue weighted by Crippen LogP contribution is -3.27. The van der Waals surface area contributed by atoms with Crippen LogP contribution in [0.5, 0.6) is 17.2 Å². The van der Waals surface area contributed by atoms with E-state index in [-0.39, 0.29) is 6.79 Å². The highest BCUT2D eigenvalue weighted by molar-refractivity contribution is 6.30. The van der Waals surface area contributed by atoms with Crippen LogP contribution in [0.25, 0.3) is 0 Å². The molecule has 0 aliphatic carbocycles. The van der Waals surface area contributed by atoms with E-state index in [0.717, 1.165) is 55.6 Å². The Kier molecular flexibility index (Phi) is 4.70. The molecule has 1 fully saturated rings. The number of hydrogen-bond donors (Lipinski definition) is 3. The first-order valence-corrected chi connectivity index (χ1v) is 9.08. The molecule has 0 atom stereocenters. The predicted octanol–water partition coefficient (Wildman–Crippen LogP) is 0.258. The van der Waals surface area contributed by atoms with Crippen molar-refractivity contribution >= 4 is 11.6 Å². The largest absolute Gasteiger partial charge is 0.507 e. The molecule has 0 spiro atoms.